The minimum atomic E-state index is -0.0130. The van der Waals surface area contributed by atoms with E-state index >= 15 is 0 Å². The molecule has 0 fully saturated rings. The van der Waals surface area contributed by atoms with Gasteiger partial charge in [0.15, 0.2) is 0 Å². The fraction of sp³-hybridized carbons (Fsp3) is 0.111. The Hall–Kier alpha value is -2.68. The molecule has 0 aliphatic carbocycles. The summed E-state index contributed by atoms with van der Waals surface area (Å²) in [4.78, 5) is 8.84. The van der Waals surface area contributed by atoms with Gasteiger partial charge in [0, 0.05) is 12.4 Å². The summed E-state index contributed by atoms with van der Waals surface area (Å²) in [5.74, 6) is 0.842. The van der Waals surface area contributed by atoms with Crippen molar-refractivity contribution in [3.8, 4) is 0 Å². The molecule has 3 rings (SSSR count). The second kappa shape index (κ2) is 6.18. The van der Waals surface area contributed by atoms with Gasteiger partial charge in [-0.2, -0.15) is 0 Å². The second-order valence-corrected chi connectivity index (χ2v) is 4.96. The van der Waals surface area contributed by atoms with Gasteiger partial charge in [-0.25, -0.2) is 4.98 Å². The molecule has 0 aliphatic heterocycles. The zero-order valence-corrected chi connectivity index (χ0v) is 11.9. The van der Waals surface area contributed by atoms with E-state index in [9.17, 15) is 0 Å². The third-order valence-electron chi connectivity index (χ3n) is 3.32. The Kier molecular flexibility index (Phi) is 3.92. The van der Waals surface area contributed by atoms with Gasteiger partial charge in [0.2, 0.25) is 0 Å². The van der Waals surface area contributed by atoms with Crippen LogP contribution in [0.15, 0.2) is 73.1 Å². The highest BCUT2D eigenvalue weighted by molar-refractivity contribution is 5.43. The van der Waals surface area contributed by atoms with E-state index in [-0.39, 0.29) is 6.04 Å². The summed E-state index contributed by atoms with van der Waals surface area (Å²) in [5.41, 5.74) is 3.39. The summed E-state index contributed by atoms with van der Waals surface area (Å²) in [6.45, 7) is 2.10. The highest BCUT2D eigenvalue weighted by atomic mass is 15.0. The van der Waals surface area contributed by atoms with Crippen LogP contribution in [0.2, 0.25) is 0 Å². The fourth-order valence-corrected chi connectivity index (χ4v) is 2.32. The molecule has 3 aromatic rings. The van der Waals surface area contributed by atoms with Crippen LogP contribution in [0, 0.1) is 6.92 Å². The van der Waals surface area contributed by atoms with Gasteiger partial charge in [-0.05, 0) is 36.8 Å². The summed E-state index contributed by atoms with van der Waals surface area (Å²) in [7, 11) is 0. The Morgan fingerprint density at radius 1 is 0.857 bits per heavy atom. The number of nitrogens with one attached hydrogen (secondary N) is 1. The molecule has 1 aromatic carbocycles. The lowest BCUT2D eigenvalue weighted by atomic mass is 10.0. The predicted molar refractivity (Wildman–Crippen MR) is 85.1 cm³/mol. The van der Waals surface area contributed by atoms with Gasteiger partial charge in [-0.15, -0.1) is 0 Å². The van der Waals surface area contributed by atoms with Crippen LogP contribution in [-0.4, -0.2) is 9.97 Å². The lowest BCUT2D eigenvalue weighted by molar-refractivity contribution is 0.877. The van der Waals surface area contributed by atoms with Crippen molar-refractivity contribution in [2.45, 2.75) is 13.0 Å². The molecule has 0 amide bonds. The van der Waals surface area contributed by atoms with E-state index in [0.29, 0.717) is 0 Å². The van der Waals surface area contributed by atoms with Crippen LogP contribution in [0.4, 0.5) is 5.82 Å². The third-order valence-corrected chi connectivity index (χ3v) is 3.32. The van der Waals surface area contributed by atoms with E-state index in [4.69, 9.17) is 0 Å². The topological polar surface area (TPSA) is 37.8 Å². The molecule has 0 saturated heterocycles. The van der Waals surface area contributed by atoms with Gasteiger partial charge < -0.3 is 5.32 Å². The normalized spacial score (nSPS) is 11.9. The largest absolute Gasteiger partial charge is 0.358 e. The van der Waals surface area contributed by atoms with Gasteiger partial charge in [0.1, 0.15) is 5.82 Å². The first-order valence-electron chi connectivity index (χ1n) is 6.98. The Balaban J connectivity index is 1.99. The summed E-state index contributed by atoms with van der Waals surface area (Å²) < 4.78 is 0. The lowest BCUT2D eigenvalue weighted by Gasteiger charge is -2.19. The molecule has 3 nitrogen and oxygen atoms in total. The molecule has 1 atom stereocenters. The minimum Gasteiger partial charge on any atom is -0.358 e. The van der Waals surface area contributed by atoms with Gasteiger partial charge >= 0.3 is 0 Å². The third kappa shape index (κ3) is 3.26. The van der Waals surface area contributed by atoms with E-state index in [0.717, 1.165) is 11.5 Å². The molecule has 0 spiro atoms. The summed E-state index contributed by atoms with van der Waals surface area (Å²) in [6.07, 6.45) is 3.60. The highest BCUT2D eigenvalue weighted by Crippen LogP contribution is 2.24. The monoisotopic (exact) mass is 275 g/mol. The molecule has 1 unspecified atom stereocenters. The van der Waals surface area contributed by atoms with E-state index < -0.39 is 0 Å². The number of hydrogen-bond acceptors (Lipinski definition) is 3. The van der Waals surface area contributed by atoms with E-state index in [1.54, 1.807) is 6.20 Å². The molecule has 0 aliphatic rings. The van der Waals surface area contributed by atoms with E-state index in [2.05, 4.69) is 46.5 Å². The number of rotatable bonds is 4. The van der Waals surface area contributed by atoms with Crippen molar-refractivity contribution in [3.63, 3.8) is 0 Å². The standard InChI is InChI=1S/C18H17N3/c1-14-7-6-8-15(13-14)18(16-9-2-4-11-19-16)21-17-10-3-5-12-20-17/h2-13,18H,1H3,(H,20,21). The molecule has 0 saturated carbocycles. The van der Waals surface area contributed by atoms with Crippen molar-refractivity contribution >= 4 is 5.82 Å². The first-order valence-corrected chi connectivity index (χ1v) is 6.98. The number of benzene rings is 1. The van der Waals surface area contributed by atoms with Crippen LogP contribution in [0.25, 0.3) is 0 Å². The summed E-state index contributed by atoms with van der Waals surface area (Å²) in [6, 6.07) is 20.3. The number of aryl methyl sites for hydroxylation is 1. The molecule has 3 heteroatoms. The highest BCUT2D eigenvalue weighted by Gasteiger charge is 2.15. The minimum absolute atomic E-state index is 0.0130. The van der Waals surface area contributed by atoms with Gasteiger partial charge in [0.05, 0.1) is 11.7 Å². The Morgan fingerprint density at radius 3 is 2.33 bits per heavy atom. The Bertz CT molecular complexity index is 696. The predicted octanol–water partition coefficient (Wildman–Crippen LogP) is 3.99. The van der Waals surface area contributed by atoms with Crippen molar-refractivity contribution in [1.29, 1.82) is 0 Å². The van der Waals surface area contributed by atoms with Crippen molar-refractivity contribution < 1.29 is 0 Å². The summed E-state index contributed by atoms with van der Waals surface area (Å²) >= 11 is 0. The molecule has 2 aromatic heterocycles. The van der Waals surface area contributed by atoms with Gasteiger partial charge in [-0.3, -0.25) is 4.98 Å². The zero-order chi connectivity index (χ0) is 14.5. The van der Waals surface area contributed by atoms with E-state index in [1.807, 2.05) is 42.6 Å². The van der Waals surface area contributed by atoms with Crippen molar-refractivity contribution in [2.24, 2.45) is 0 Å². The first kappa shape index (κ1) is 13.3. The van der Waals surface area contributed by atoms with Crippen LogP contribution in [-0.2, 0) is 0 Å². The molecule has 1 N–H and O–H groups in total. The lowest BCUT2D eigenvalue weighted by Crippen LogP contribution is -2.14. The van der Waals surface area contributed by atoms with Crippen LogP contribution in [0.3, 0.4) is 0 Å². The Morgan fingerprint density at radius 2 is 1.67 bits per heavy atom. The van der Waals surface area contributed by atoms with Crippen molar-refractivity contribution in [2.75, 3.05) is 5.32 Å². The Labute approximate surface area is 124 Å². The molecule has 2 heterocycles. The van der Waals surface area contributed by atoms with Gasteiger partial charge in [-0.1, -0.05) is 42.0 Å². The number of pyridine rings is 2. The van der Waals surface area contributed by atoms with Crippen molar-refractivity contribution in [3.05, 3.63) is 89.9 Å². The number of aromatic nitrogens is 2. The average Bonchev–Trinajstić information content (AvgIpc) is 2.54. The zero-order valence-electron chi connectivity index (χ0n) is 11.9. The molecule has 21 heavy (non-hydrogen) atoms. The average molecular weight is 275 g/mol. The van der Waals surface area contributed by atoms with Crippen molar-refractivity contribution in [1.82, 2.24) is 9.97 Å². The SMILES string of the molecule is Cc1cccc(C(Nc2ccccn2)c2ccccn2)c1. The first-order chi connectivity index (χ1) is 10.3. The maximum absolute atomic E-state index is 4.49. The molecule has 0 radical (unpaired) electrons. The maximum Gasteiger partial charge on any atom is 0.126 e. The fourth-order valence-electron chi connectivity index (χ4n) is 2.32. The summed E-state index contributed by atoms with van der Waals surface area (Å²) in [5, 5.41) is 3.47. The smallest absolute Gasteiger partial charge is 0.126 e. The molecule has 0 bridgehead atoms. The van der Waals surface area contributed by atoms with E-state index in [1.165, 1.54) is 11.1 Å². The molecular weight excluding hydrogens is 258 g/mol. The van der Waals surface area contributed by atoms with Crippen LogP contribution in [0.5, 0.6) is 0 Å². The molecule has 104 valence electrons. The number of nitrogens with zero attached hydrogens (tertiary/aromatic N) is 2. The number of anilines is 1. The van der Waals surface area contributed by atoms with Gasteiger partial charge in [0.25, 0.3) is 0 Å². The maximum atomic E-state index is 4.49. The van der Waals surface area contributed by atoms with Crippen LogP contribution in [0.1, 0.15) is 22.9 Å². The molecular formula is C18H17N3. The van der Waals surface area contributed by atoms with Crippen LogP contribution >= 0.6 is 0 Å². The second-order valence-electron chi connectivity index (χ2n) is 4.96. The quantitative estimate of drug-likeness (QED) is 0.782. The number of hydrogen-bond donors (Lipinski definition) is 1. The van der Waals surface area contributed by atoms with Crippen LogP contribution < -0.4 is 5.32 Å².